The first-order valence-electron chi connectivity index (χ1n) is 5.81. The molecule has 0 saturated heterocycles. The van der Waals surface area contributed by atoms with Gasteiger partial charge in [-0.1, -0.05) is 0 Å². The van der Waals surface area contributed by atoms with Crippen LogP contribution in [0.5, 0.6) is 0 Å². The van der Waals surface area contributed by atoms with E-state index in [1.54, 1.807) is 23.6 Å². The highest BCUT2D eigenvalue weighted by Crippen LogP contribution is 2.23. The highest BCUT2D eigenvalue weighted by Gasteiger charge is 2.14. The Labute approximate surface area is 119 Å². The third kappa shape index (κ3) is 3.36. The van der Waals surface area contributed by atoms with Gasteiger partial charge in [-0.25, -0.2) is 4.79 Å². The minimum atomic E-state index is -0.471. The molecule has 2 heterocycles. The number of esters is 1. The van der Waals surface area contributed by atoms with Crippen molar-refractivity contribution in [3.63, 3.8) is 0 Å². The fourth-order valence-corrected chi connectivity index (χ4v) is 2.30. The number of methoxy groups -OCH3 is 1. The quantitative estimate of drug-likeness (QED) is 0.694. The third-order valence-corrected chi connectivity index (χ3v) is 3.35. The fraction of sp³-hybridized carbons (Fsp3) is 0.143. The Morgan fingerprint density at radius 2 is 2.15 bits per heavy atom. The molecule has 104 valence electrons. The van der Waals surface area contributed by atoms with Crippen molar-refractivity contribution in [3.05, 3.63) is 46.1 Å². The Hall–Kier alpha value is -2.34. The fourth-order valence-electron chi connectivity index (χ4n) is 1.53. The maximum Gasteiger partial charge on any atom is 0.350 e. The number of rotatable bonds is 4. The average Bonchev–Trinajstić information content (AvgIpc) is 3.04. The van der Waals surface area contributed by atoms with Crippen LogP contribution in [0.2, 0.25) is 0 Å². The first-order valence-corrected chi connectivity index (χ1v) is 6.69. The van der Waals surface area contributed by atoms with E-state index in [1.165, 1.54) is 24.5 Å². The van der Waals surface area contributed by atoms with Crippen LogP contribution in [0.3, 0.4) is 0 Å². The highest BCUT2D eigenvalue weighted by molar-refractivity contribution is 7.12. The molecule has 0 atom stereocenters. The van der Waals surface area contributed by atoms with Crippen molar-refractivity contribution in [2.24, 2.45) is 0 Å². The van der Waals surface area contributed by atoms with E-state index in [1.807, 2.05) is 13.0 Å². The van der Waals surface area contributed by atoms with Gasteiger partial charge >= 0.3 is 5.97 Å². The molecule has 20 heavy (non-hydrogen) atoms. The minimum absolute atomic E-state index is 0.345. The van der Waals surface area contributed by atoms with Gasteiger partial charge < -0.3 is 14.5 Å². The van der Waals surface area contributed by atoms with Crippen LogP contribution in [-0.2, 0) is 9.53 Å². The van der Waals surface area contributed by atoms with Crippen LogP contribution in [0, 0.1) is 6.92 Å². The molecule has 0 aliphatic heterocycles. The Kier molecular flexibility index (Phi) is 4.37. The number of aryl methyl sites for hydroxylation is 1. The molecule has 1 amide bonds. The van der Waals surface area contributed by atoms with Gasteiger partial charge in [0.1, 0.15) is 16.4 Å². The minimum Gasteiger partial charge on any atom is -0.465 e. The topological polar surface area (TPSA) is 68.5 Å². The van der Waals surface area contributed by atoms with Gasteiger partial charge in [-0.15, -0.1) is 11.3 Å². The van der Waals surface area contributed by atoms with Gasteiger partial charge in [-0.05, 0) is 36.6 Å². The number of hydrogen-bond donors (Lipinski definition) is 1. The summed E-state index contributed by atoms with van der Waals surface area (Å²) in [6.45, 7) is 1.82. The molecule has 1 N–H and O–H groups in total. The highest BCUT2D eigenvalue weighted by atomic mass is 32.1. The summed E-state index contributed by atoms with van der Waals surface area (Å²) in [6.07, 6.45) is 2.91. The van der Waals surface area contributed by atoms with Crippen molar-refractivity contribution in [1.82, 2.24) is 0 Å². The Morgan fingerprint density at radius 1 is 1.35 bits per heavy atom. The van der Waals surface area contributed by atoms with Crippen LogP contribution in [0.25, 0.3) is 6.08 Å². The van der Waals surface area contributed by atoms with Crippen LogP contribution in [0.4, 0.5) is 5.69 Å². The normalized spacial score (nSPS) is 10.7. The van der Waals surface area contributed by atoms with E-state index in [0.29, 0.717) is 16.3 Å². The number of hydrogen-bond acceptors (Lipinski definition) is 5. The van der Waals surface area contributed by atoms with Crippen molar-refractivity contribution >= 4 is 35.0 Å². The number of ether oxygens (including phenoxy) is 1. The molecule has 0 bridgehead atoms. The van der Waals surface area contributed by atoms with Crippen LogP contribution >= 0.6 is 11.3 Å². The Bertz CT molecular complexity index is 654. The first kappa shape index (κ1) is 14.1. The summed E-state index contributed by atoms with van der Waals surface area (Å²) in [4.78, 5) is 23.6. The first-order chi connectivity index (χ1) is 9.60. The molecule has 0 saturated carbocycles. The van der Waals surface area contributed by atoms with Crippen molar-refractivity contribution in [2.75, 3.05) is 12.4 Å². The van der Waals surface area contributed by atoms with E-state index in [9.17, 15) is 9.59 Å². The molecule has 2 rings (SSSR count). The van der Waals surface area contributed by atoms with Gasteiger partial charge in [-0.3, -0.25) is 4.79 Å². The predicted octanol–water partition coefficient (Wildman–Crippen LogP) is 3.09. The summed E-state index contributed by atoms with van der Waals surface area (Å²) in [5.41, 5.74) is 0.437. The number of carbonyl (C=O) groups excluding carboxylic acids is 2. The number of carbonyl (C=O) groups is 2. The van der Waals surface area contributed by atoms with Gasteiger partial charge in [0.05, 0.1) is 12.8 Å². The smallest absolute Gasteiger partial charge is 0.350 e. The SMILES string of the molecule is COC(=O)c1sccc1NC(=O)/C=C/c1ccc(C)o1. The molecular weight excluding hydrogens is 278 g/mol. The average molecular weight is 291 g/mol. The summed E-state index contributed by atoms with van der Waals surface area (Å²) in [5.74, 6) is 0.551. The predicted molar refractivity (Wildman–Crippen MR) is 76.8 cm³/mol. The van der Waals surface area contributed by atoms with Crippen LogP contribution < -0.4 is 5.32 Å². The number of amides is 1. The molecule has 0 aliphatic rings. The van der Waals surface area contributed by atoms with Crippen molar-refractivity contribution in [2.45, 2.75) is 6.92 Å². The number of nitrogens with one attached hydrogen (secondary N) is 1. The molecule has 0 aliphatic carbocycles. The van der Waals surface area contributed by atoms with Crippen molar-refractivity contribution in [1.29, 1.82) is 0 Å². The van der Waals surface area contributed by atoms with Gasteiger partial charge in [-0.2, -0.15) is 0 Å². The second-order valence-electron chi connectivity index (χ2n) is 3.93. The molecule has 5 nitrogen and oxygen atoms in total. The maximum absolute atomic E-state index is 11.8. The van der Waals surface area contributed by atoms with Gasteiger partial charge in [0, 0.05) is 6.08 Å². The summed E-state index contributed by atoms with van der Waals surface area (Å²) in [7, 11) is 1.30. The van der Waals surface area contributed by atoms with E-state index in [0.717, 1.165) is 5.76 Å². The standard InChI is InChI=1S/C14H13NO4S/c1-9-3-4-10(19-9)5-6-12(16)15-11-7-8-20-13(11)14(17)18-2/h3-8H,1-2H3,(H,15,16)/b6-5+. The third-order valence-electron chi connectivity index (χ3n) is 2.45. The monoisotopic (exact) mass is 291 g/mol. The van der Waals surface area contributed by atoms with E-state index in [2.05, 4.69) is 10.1 Å². The maximum atomic E-state index is 11.8. The summed E-state index contributed by atoms with van der Waals surface area (Å²) in [6, 6.07) is 5.23. The van der Waals surface area contributed by atoms with Gasteiger partial charge in [0.2, 0.25) is 5.91 Å². The number of anilines is 1. The zero-order chi connectivity index (χ0) is 14.5. The Morgan fingerprint density at radius 3 is 2.80 bits per heavy atom. The molecule has 0 spiro atoms. The van der Waals surface area contributed by atoms with Gasteiger partial charge in [0.15, 0.2) is 0 Å². The van der Waals surface area contributed by atoms with E-state index in [4.69, 9.17) is 4.42 Å². The zero-order valence-electron chi connectivity index (χ0n) is 11.0. The number of thiophene rings is 1. The van der Waals surface area contributed by atoms with Crippen LogP contribution in [0.1, 0.15) is 21.2 Å². The molecule has 2 aromatic rings. The molecule has 0 aromatic carbocycles. The molecule has 0 fully saturated rings. The lowest BCUT2D eigenvalue weighted by atomic mass is 10.3. The lowest BCUT2D eigenvalue weighted by Crippen LogP contribution is -2.10. The number of furan rings is 1. The lowest BCUT2D eigenvalue weighted by Gasteiger charge is -2.02. The van der Waals surface area contributed by atoms with E-state index in [-0.39, 0.29) is 5.91 Å². The second-order valence-corrected chi connectivity index (χ2v) is 4.84. The van der Waals surface area contributed by atoms with Crippen molar-refractivity contribution < 1.29 is 18.7 Å². The summed E-state index contributed by atoms with van der Waals surface area (Å²) < 4.78 is 9.95. The van der Waals surface area contributed by atoms with Gasteiger partial charge in [0.25, 0.3) is 0 Å². The summed E-state index contributed by atoms with van der Waals surface area (Å²) in [5, 5.41) is 4.33. The largest absolute Gasteiger partial charge is 0.465 e. The molecular formula is C14H13NO4S. The van der Waals surface area contributed by atoms with Crippen molar-refractivity contribution in [3.8, 4) is 0 Å². The zero-order valence-corrected chi connectivity index (χ0v) is 11.8. The lowest BCUT2D eigenvalue weighted by molar-refractivity contribution is -0.111. The van der Waals surface area contributed by atoms with Crippen LogP contribution in [0.15, 0.2) is 34.1 Å². The molecule has 0 radical (unpaired) electrons. The Balaban J connectivity index is 2.03. The molecule has 2 aromatic heterocycles. The molecule has 0 unspecified atom stereocenters. The second kappa shape index (κ2) is 6.21. The summed E-state index contributed by atoms with van der Waals surface area (Å²) >= 11 is 1.21. The van der Waals surface area contributed by atoms with E-state index < -0.39 is 5.97 Å². The molecule has 6 heteroatoms. The van der Waals surface area contributed by atoms with E-state index >= 15 is 0 Å². The van der Waals surface area contributed by atoms with Crippen LogP contribution in [-0.4, -0.2) is 19.0 Å².